The van der Waals surface area contributed by atoms with Gasteiger partial charge >= 0.3 is 0 Å². The molecule has 0 aliphatic rings. The van der Waals surface area contributed by atoms with Crippen molar-refractivity contribution in [1.82, 2.24) is 5.43 Å². The Morgan fingerprint density at radius 1 is 1.36 bits per heavy atom. The highest BCUT2D eigenvalue weighted by molar-refractivity contribution is 7.80. The first-order valence-corrected chi connectivity index (χ1v) is 3.65. The molecule has 0 radical (unpaired) electrons. The van der Waals surface area contributed by atoms with Crippen LogP contribution in [-0.4, -0.2) is 23.0 Å². The normalized spacial score (nSPS) is 10.5. The summed E-state index contributed by atoms with van der Waals surface area (Å²) in [6.45, 7) is 1.68. The Hall–Kier alpha value is -1.41. The van der Waals surface area contributed by atoms with Gasteiger partial charge in [-0.3, -0.25) is 5.43 Å². The fourth-order valence-corrected chi connectivity index (χ4v) is 0.397. The zero-order valence-corrected chi connectivity index (χ0v) is 9.10. The number of nitrogens with zero attached hydrogens (tertiary/aromatic N) is 3. The van der Waals surface area contributed by atoms with E-state index in [0.29, 0.717) is 5.71 Å². The Bertz CT molecular complexity index is 267. The number of rotatable bonds is 3. The van der Waals surface area contributed by atoms with E-state index in [-0.39, 0.29) is 23.5 Å². The summed E-state index contributed by atoms with van der Waals surface area (Å²) in [6.07, 6.45) is 1.35. The summed E-state index contributed by atoms with van der Waals surface area (Å²) >= 11 is 4.52. The molecule has 14 heavy (non-hydrogen) atoms. The van der Waals surface area contributed by atoms with Gasteiger partial charge in [0.25, 0.3) is 0 Å². The quantitative estimate of drug-likeness (QED) is 0.214. The van der Waals surface area contributed by atoms with Crippen LogP contribution in [0.2, 0.25) is 0 Å². The number of nitrogens with two attached hydrogens (primary N) is 3. The predicted octanol–water partition coefficient (Wildman–Crippen LogP) is -1.12. The minimum Gasteiger partial charge on any atom is -0.375 e. The standard InChI is InChI=1S/C5H11N7S.ClH/c1-3(10-12-5(8)13)2-9-11-4(6)7;/h2H,1H3,(H4,6,7,11)(H3,8,12,13);1H/b9-2+,10-3+;. The van der Waals surface area contributed by atoms with Crippen LogP contribution in [0.4, 0.5) is 0 Å². The summed E-state index contributed by atoms with van der Waals surface area (Å²) in [5, 5.41) is 10.7. The Balaban J connectivity index is 0. The van der Waals surface area contributed by atoms with Crippen molar-refractivity contribution in [3.8, 4) is 0 Å². The van der Waals surface area contributed by atoms with Gasteiger partial charge in [-0.25, -0.2) is 0 Å². The van der Waals surface area contributed by atoms with Gasteiger partial charge in [0.05, 0.1) is 11.9 Å². The maximum atomic E-state index is 5.12. The number of halogens is 1. The fourth-order valence-electron chi connectivity index (χ4n) is 0.351. The summed E-state index contributed by atoms with van der Waals surface area (Å²) in [6, 6.07) is 0. The summed E-state index contributed by atoms with van der Waals surface area (Å²) in [4.78, 5) is 0. The average Bonchev–Trinajstić information content (AvgIpc) is 2.00. The SMILES string of the molecule is CC(/C=N/N=C(N)N)=N\NC(N)=S.Cl. The second-order valence-electron chi connectivity index (χ2n) is 2.00. The van der Waals surface area contributed by atoms with Crippen molar-refractivity contribution in [3.05, 3.63) is 0 Å². The zero-order valence-electron chi connectivity index (χ0n) is 7.47. The molecule has 0 saturated carbocycles. The zero-order chi connectivity index (χ0) is 10.3. The van der Waals surface area contributed by atoms with Gasteiger partial charge in [-0.1, -0.05) is 0 Å². The van der Waals surface area contributed by atoms with E-state index in [1.54, 1.807) is 6.92 Å². The average molecular weight is 238 g/mol. The van der Waals surface area contributed by atoms with Gasteiger partial charge in [-0.05, 0) is 19.1 Å². The molecule has 7 nitrogen and oxygen atoms in total. The lowest BCUT2D eigenvalue weighted by atomic mass is 10.5. The van der Waals surface area contributed by atoms with Crippen LogP contribution in [0.5, 0.6) is 0 Å². The monoisotopic (exact) mass is 237 g/mol. The van der Waals surface area contributed by atoms with Crippen LogP contribution in [0, 0.1) is 0 Å². The molecule has 0 aliphatic carbocycles. The molecule has 0 heterocycles. The molecule has 0 atom stereocenters. The number of hydrazone groups is 1. The molecule has 0 rings (SSSR count). The lowest BCUT2D eigenvalue weighted by Crippen LogP contribution is -2.25. The molecule has 0 unspecified atom stereocenters. The molecule has 0 bridgehead atoms. The molecular formula is C5H12ClN7S. The smallest absolute Gasteiger partial charge is 0.211 e. The number of nitrogens with one attached hydrogen (secondary N) is 1. The Kier molecular flexibility index (Phi) is 8.83. The number of guanidine groups is 1. The van der Waals surface area contributed by atoms with Crippen molar-refractivity contribution < 1.29 is 0 Å². The molecule has 0 aromatic heterocycles. The summed E-state index contributed by atoms with van der Waals surface area (Å²) in [5.41, 5.74) is 18.1. The van der Waals surface area contributed by atoms with Crippen LogP contribution in [0.25, 0.3) is 0 Å². The third-order valence-corrected chi connectivity index (χ3v) is 0.852. The van der Waals surface area contributed by atoms with Crippen molar-refractivity contribution in [3.63, 3.8) is 0 Å². The van der Waals surface area contributed by atoms with Crippen LogP contribution in [-0.2, 0) is 0 Å². The van der Waals surface area contributed by atoms with Crippen LogP contribution in [0.3, 0.4) is 0 Å². The first kappa shape index (κ1) is 15.1. The predicted molar refractivity (Wildman–Crippen MR) is 64.6 cm³/mol. The maximum Gasteiger partial charge on any atom is 0.211 e. The summed E-state index contributed by atoms with van der Waals surface area (Å²) in [7, 11) is 0. The Labute approximate surface area is 92.9 Å². The number of hydrogen-bond acceptors (Lipinski definition) is 4. The first-order valence-electron chi connectivity index (χ1n) is 3.24. The number of thiocarbonyl (C=S) groups is 1. The highest BCUT2D eigenvalue weighted by Gasteiger charge is 1.85. The van der Waals surface area contributed by atoms with E-state index in [1.165, 1.54) is 6.21 Å². The lowest BCUT2D eigenvalue weighted by Gasteiger charge is -1.94. The van der Waals surface area contributed by atoms with Gasteiger partial charge in [-0.15, -0.1) is 17.5 Å². The Morgan fingerprint density at radius 2 is 1.93 bits per heavy atom. The van der Waals surface area contributed by atoms with Crippen molar-refractivity contribution >= 4 is 47.6 Å². The lowest BCUT2D eigenvalue weighted by molar-refractivity contribution is 1.03. The van der Waals surface area contributed by atoms with Crippen molar-refractivity contribution in [1.29, 1.82) is 0 Å². The molecule has 0 aliphatic heterocycles. The van der Waals surface area contributed by atoms with Gasteiger partial charge < -0.3 is 17.2 Å². The molecule has 9 heteroatoms. The van der Waals surface area contributed by atoms with Gasteiger partial charge in [0, 0.05) is 0 Å². The van der Waals surface area contributed by atoms with E-state index in [0.717, 1.165) is 0 Å². The highest BCUT2D eigenvalue weighted by atomic mass is 35.5. The van der Waals surface area contributed by atoms with Crippen LogP contribution >= 0.6 is 24.6 Å². The minimum atomic E-state index is -0.119. The van der Waals surface area contributed by atoms with E-state index >= 15 is 0 Å². The van der Waals surface area contributed by atoms with E-state index in [4.69, 9.17) is 17.2 Å². The molecular weight excluding hydrogens is 226 g/mol. The van der Waals surface area contributed by atoms with Crippen LogP contribution in [0.1, 0.15) is 6.92 Å². The third kappa shape index (κ3) is 10.6. The van der Waals surface area contributed by atoms with E-state index in [9.17, 15) is 0 Å². The topological polar surface area (TPSA) is 127 Å². The van der Waals surface area contributed by atoms with Crippen LogP contribution in [0.15, 0.2) is 15.3 Å². The second-order valence-corrected chi connectivity index (χ2v) is 2.44. The molecule has 0 aromatic rings. The third-order valence-electron chi connectivity index (χ3n) is 0.760. The second kappa shape index (κ2) is 8.20. The molecule has 0 spiro atoms. The Morgan fingerprint density at radius 3 is 2.36 bits per heavy atom. The molecule has 80 valence electrons. The fraction of sp³-hybridized carbons (Fsp3) is 0.200. The molecule has 0 fully saturated rings. The number of hydrogen-bond donors (Lipinski definition) is 4. The van der Waals surface area contributed by atoms with Gasteiger partial charge in [0.2, 0.25) is 5.96 Å². The van der Waals surface area contributed by atoms with Crippen LogP contribution < -0.4 is 22.6 Å². The van der Waals surface area contributed by atoms with Crippen molar-refractivity contribution in [2.75, 3.05) is 0 Å². The van der Waals surface area contributed by atoms with E-state index in [1.807, 2.05) is 0 Å². The van der Waals surface area contributed by atoms with Crippen molar-refractivity contribution in [2.45, 2.75) is 6.92 Å². The van der Waals surface area contributed by atoms with E-state index in [2.05, 4.69) is 32.9 Å². The maximum absolute atomic E-state index is 5.12. The summed E-state index contributed by atoms with van der Waals surface area (Å²) in [5.74, 6) is -0.119. The molecule has 0 aromatic carbocycles. The molecule has 0 saturated heterocycles. The van der Waals surface area contributed by atoms with Gasteiger partial charge in [0.15, 0.2) is 5.11 Å². The van der Waals surface area contributed by atoms with Gasteiger partial charge in [-0.2, -0.15) is 10.2 Å². The minimum absolute atomic E-state index is 0. The largest absolute Gasteiger partial charge is 0.375 e. The van der Waals surface area contributed by atoms with E-state index < -0.39 is 0 Å². The first-order chi connectivity index (χ1) is 6.02. The summed E-state index contributed by atoms with van der Waals surface area (Å²) < 4.78 is 0. The molecule has 7 N–H and O–H groups in total. The van der Waals surface area contributed by atoms with Crippen molar-refractivity contribution in [2.24, 2.45) is 32.5 Å². The highest BCUT2D eigenvalue weighted by Crippen LogP contribution is 1.73. The van der Waals surface area contributed by atoms with Gasteiger partial charge in [0.1, 0.15) is 0 Å². The molecule has 0 amide bonds.